The van der Waals surface area contributed by atoms with Gasteiger partial charge in [0.25, 0.3) is 0 Å². The fourth-order valence-electron chi connectivity index (χ4n) is 1.45. The van der Waals surface area contributed by atoms with Gasteiger partial charge in [-0.1, -0.05) is 26.0 Å². The molecule has 0 amide bonds. The van der Waals surface area contributed by atoms with Gasteiger partial charge in [-0.15, -0.1) is 11.8 Å². The van der Waals surface area contributed by atoms with Crippen molar-refractivity contribution in [3.8, 4) is 0 Å². The molecule has 0 fully saturated rings. The van der Waals surface area contributed by atoms with Crippen LogP contribution in [0.4, 0.5) is 0 Å². The Morgan fingerprint density at radius 2 is 1.88 bits per heavy atom. The zero-order chi connectivity index (χ0) is 11.8. The molecule has 0 aromatic heterocycles. The van der Waals surface area contributed by atoms with Gasteiger partial charge in [-0.05, 0) is 48.6 Å². The first-order chi connectivity index (χ1) is 7.72. The smallest absolute Gasteiger partial charge is 0.0434 e. The summed E-state index contributed by atoms with van der Waals surface area (Å²) in [5.41, 5.74) is 1.32. The number of benzene rings is 1. The molecule has 0 aliphatic rings. The molecule has 0 spiro atoms. The lowest BCUT2D eigenvalue weighted by molar-refractivity contribution is 0.288. The number of rotatable bonds is 7. The molecule has 0 bridgehead atoms. The van der Waals surface area contributed by atoms with E-state index in [9.17, 15) is 0 Å². The molecule has 1 aromatic rings. The summed E-state index contributed by atoms with van der Waals surface area (Å²) in [5.74, 6) is 1.99. The molecule has 1 rings (SSSR count). The fraction of sp³-hybridized carbons (Fsp3) is 0.571. The summed E-state index contributed by atoms with van der Waals surface area (Å²) in [6.07, 6.45) is 3.12. The highest BCUT2D eigenvalue weighted by Gasteiger charge is 1.98. The summed E-state index contributed by atoms with van der Waals surface area (Å²) in [5, 5.41) is 8.75. The molecule has 0 heterocycles. The van der Waals surface area contributed by atoms with Crippen LogP contribution in [0.25, 0.3) is 0 Å². The Hall–Kier alpha value is -0.470. The maximum atomic E-state index is 8.75. The van der Waals surface area contributed by atoms with Gasteiger partial charge in [0.2, 0.25) is 0 Å². The van der Waals surface area contributed by atoms with E-state index in [2.05, 4.69) is 38.1 Å². The summed E-state index contributed by atoms with van der Waals surface area (Å²) in [6.45, 7) is 4.81. The zero-order valence-corrected chi connectivity index (χ0v) is 11.1. The molecule has 16 heavy (non-hydrogen) atoms. The molecule has 0 saturated heterocycles. The van der Waals surface area contributed by atoms with Gasteiger partial charge in [0.15, 0.2) is 0 Å². The van der Waals surface area contributed by atoms with Crippen molar-refractivity contribution in [1.82, 2.24) is 0 Å². The predicted molar refractivity (Wildman–Crippen MR) is 72.0 cm³/mol. The van der Waals surface area contributed by atoms with Crippen molar-refractivity contribution >= 4 is 11.8 Å². The third-order valence-electron chi connectivity index (χ3n) is 2.51. The van der Waals surface area contributed by atoms with Crippen molar-refractivity contribution < 1.29 is 5.11 Å². The quantitative estimate of drug-likeness (QED) is 0.730. The minimum atomic E-state index is 0.283. The maximum Gasteiger partial charge on any atom is 0.0434 e. The van der Waals surface area contributed by atoms with Crippen molar-refractivity contribution in [2.24, 2.45) is 5.92 Å². The lowest BCUT2D eigenvalue weighted by Gasteiger charge is -2.05. The second-order valence-electron chi connectivity index (χ2n) is 4.50. The van der Waals surface area contributed by atoms with E-state index >= 15 is 0 Å². The van der Waals surface area contributed by atoms with Crippen LogP contribution in [0.3, 0.4) is 0 Å². The summed E-state index contributed by atoms with van der Waals surface area (Å²) in [7, 11) is 0. The van der Waals surface area contributed by atoms with E-state index in [1.165, 1.54) is 22.6 Å². The molecule has 0 radical (unpaired) electrons. The van der Waals surface area contributed by atoms with E-state index in [1.807, 2.05) is 11.8 Å². The van der Waals surface area contributed by atoms with E-state index in [4.69, 9.17) is 5.11 Å². The minimum absolute atomic E-state index is 0.283. The Morgan fingerprint density at radius 1 is 1.19 bits per heavy atom. The molecular formula is C14H22OS. The molecule has 1 nitrogen and oxygen atoms in total. The van der Waals surface area contributed by atoms with Gasteiger partial charge < -0.3 is 5.11 Å². The van der Waals surface area contributed by atoms with Crippen LogP contribution in [-0.2, 0) is 6.42 Å². The van der Waals surface area contributed by atoms with E-state index < -0.39 is 0 Å². The number of hydrogen-bond donors (Lipinski definition) is 1. The van der Waals surface area contributed by atoms with Crippen LogP contribution in [-0.4, -0.2) is 17.5 Å². The number of aliphatic hydroxyl groups is 1. The highest BCUT2D eigenvalue weighted by molar-refractivity contribution is 7.99. The normalized spacial score (nSPS) is 11.0. The molecule has 0 saturated carbocycles. The number of hydrogen-bond acceptors (Lipinski definition) is 2. The van der Waals surface area contributed by atoms with Crippen LogP contribution >= 0.6 is 11.8 Å². The first-order valence-electron chi connectivity index (χ1n) is 6.05. The van der Waals surface area contributed by atoms with Crippen LogP contribution in [0.5, 0.6) is 0 Å². The molecular weight excluding hydrogens is 216 g/mol. The molecule has 1 N–H and O–H groups in total. The van der Waals surface area contributed by atoms with Gasteiger partial charge in [-0.25, -0.2) is 0 Å². The summed E-state index contributed by atoms with van der Waals surface area (Å²) < 4.78 is 0. The second-order valence-corrected chi connectivity index (χ2v) is 5.67. The Labute approximate surface area is 103 Å². The third kappa shape index (κ3) is 5.57. The first-order valence-corrected chi connectivity index (χ1v) is 7.03. The number of thioether (sulfide) groups is 1. The van der Waals surface area contributed by atoms with Crippen LogP contribution in [0.2, 0.25) is 0 Å². The van der Waals surface area contributed by atoms with Gasteiger partial charge in [0.05, 0.1) is 0 Å². The summed E-state index contributed by atoms with van der Waals surface area (Å²) >= 11 is 1.93. The van der Waals surface area contributed by atoms with Crippen molar-refractivity contribution in [2.75, 3.05) is 12.4 Å². The molecule has 1 aromatic carbocycles. The summed E-state index contributed by atoms with van der Waals surface area (Å²) in [6, 6.07) is 8.73. The van der Waals surface area contributed by atoms with Crippen LogP contribution in [0.15, 0.2) is 29.2 Å². The third-order valence-corrected chi connectivity index (χ3v) is 3.56. The highest BCUT2D eigenvalue weighted by Crippen LogP contribution is 2.21. The lowest BCUT2D eigenvalue weighted by atomic mass is 10.1. The maximum absolute atomic E-state index is 8.75. The molecule has 0 unspecified atom stereocenters. The predicted octanol–water partition coefficient (Wildman–Crippen LogP) is 3.75. The van der Waals surface area contributed by atoms with E-state index in [-0.39, 0.29) is 6.61 Å². The average Bonchev–Trinajstić information content (AvgIpc) is 2.27. The van der Waals surface area contributed by atoms with Crippen molar-refractivity contribution in [2.45, 2.75) is 38.0 Å². The number of aliphatic hydroxyl groups excluding tert-OH is 1. The molecule has 0 atom stereocenters. The van der Waals surface area contributed by atoms with Crippen molar-refractivity contribution in [1.29, 1.82) is 0 Å². The molecule has 90 valence electrons. The monoisotopic (exact) mass is 238 g/mol. The Morgan fingerprint density at radius 3 is 2.44 bits per heavy atom. The highest BCUT2D eigenvalue weighted by atomic mass is 32.2. The Kier molecular flexibility index (Phi) is 6.58. The average molecular weight is 238 g/mol. The van der Waals surface area contributed by atoms with Crippen LogP contribution < -0.4 is 0 Å². The molecule has 0 aliphatic carbocycles. The standard InChI is InChI=1S/C14H22OS/c1-12(2)9-11-16-14-7-5-13(6-8-14)4-3-10-15/h5-8,12,15H,3-4,9-11H2,1-2H3. The van der Waals surface area contributed by atoms with Gasteiger partial charge in [-0.3, -0.25) is 0 Å². The lowest BCUT2D eigenvalue weighted by Crippen LogP contribution is -1.90. The van der Waals surface area contributed by atoms with Crippen LogP contribution in [0.1, 0.15) is 32.3 Å². The van der Waals surface area contributed by atoms with E-state index in [0.29, 0.717) is 0 Å². The van der Waals surface area contributed by atoms with Gasteiger partial charge in [-0.2, -0.15) is 0 Å². The summed E-state index contributed by atoms with van der Waals surface area (Å²) in [4.78, 5) is 1.35. The van der Waals surface area contributed by atoms with E-state index in [0.717, 1.165) is 18.8 Å². The number of aryl methyl sites for hydroxylation is 1. The van der Waals surface area contributed by atoms with Gasteiger partial charge in [0, 0.05) is 11.5 Å². The fourth-order valence-corrected chi connectivity index (χ4v) is 2.60. The Balaban J connectivity index is 2.33. The van der Waals surface area contributed by atoms with E-state index in [1.54, 1.807) is 0 Å². The van der Waals surface area contributed by atoms with Gasteiger partial charge >= 0.3 is 0 Å². The SMILES string of the molecule is CC(C)CCSc1ccc(CCCO)cc1. The topological polar surface area (TPSA) is 20.2 Å². The van der Waals surface area contributed by atoms with Crippen molar-refractivity contribution in [3.05, 3.63) is 29.8 Å². The first kappa shape index (κ1) is 13.6. The van der Waals surface area contributed by atoms with Gasteiger partial charge in [0.1, 0.15) is 0 Å². The molecule has 2 heteroatoms. The second kappa shape index (κ2) is 7.75. The van der Waals surface area contributed by atoms with Crippen molar-refractivity contribution in [3.63, 3.8) is 0 Å². The minimum Gasteiger partial charge on any atom is -0.396 e. The largest absolute Gasteiger partial charge is 0.396 e. The molecule has 0 aliphatic heterocycles. The Bertz CT molecular complexity index is 279. The zero-order valence-electron chi connectivity index (χ0n) is 10.3. The van der Waals surface area contributed by atoms with Crippen LogP contribution in [0, 0.1) is 5.92 Å².